The molecule has 0 aliphatic carbocycles. The Kier molecular flexibility index (Phi) is 4.40. The highest BCUT2D eigenvalue weighted by atomic mass is 16.4. The minimum absolute atomic E-state index is 0.162. The number of ketones is 1. The Morgan fingerprint density at radius 2 is 1.88 bits per heavy atom. The summed E-state index contributed by atoms with van der Waals surface area (Å²) in [5.41, 5.74) is 5.03. The van der Waals surface area contributed by atoms with Crippen molar-refractivity contribution in [2.75, 3.05) is 6.54 Å². The molecule has 1 aromatic carbocycles. The summed E-state index contributed by atoms with van der Waals surface area (Å²) in [5.74, 6) is -1.52. The molecule has 0 saturated heterocycles. The molecule has 0 saturated carbocycles. The highest BCUT2D eigenvalue weighted by Crippen LogP contribution is 2.25. The Morgan fingerprint density at radius 1 is 1.29 bits per heavy atom. The number of carboxylic acids is 1. The Balaban J connectivity index is 2.82. The Bertz CT molecular complexity index is 386. The van der Waals surface area contributed by atoms with Crippen LogP contribution in [0.3, 0.4) is 0 Å². The number of aryl methyl sites for hydroxylation is 1. The van der Waals surface area contributed by atoms with E-state index in [0.29, 0.717) is 6.42 Å². The molecule has 0 spiro atoms. The van der Waals surface area contributed by atoms with Crippen molar-refractivity contribution in [2.45, 2.75) is 19.8 Å². The minimum Gasteiger partial charge on any atom is -0.480 e. The monoisotopic (exact) mass is 235 g/mol. The van der Waals surface area contributed by atoms with E-state index in [1.54, 1.807) is 0 Å². The maximum absolute atomic E-state index is 11.5. The quantitative estimate of drug-likeness (QED) is 0.727. The molecule has 0 aliphatic rings. The van der Waals surface area contributed by atoms with Crippen molar-refractivity contribution in [1.82, 2.24) is 0 Å². The van der Waals surface area contributed by atoms with Crippen LogP contribution in [0.15, 0.2) is 30.3 Å². The maximum atomic E-state index is 11.5. The van der Waals surface area contributed by atoms with Gasteiger partial charge in [0.1, 0.15) is 11.2 Å². The highest BCUT2D eigenvalue weighted by molar-refractivity contribution is 6.02. The third-order valence-electron chi connectivity index (χ3n) is 3.12. The first-order chi connectivity index (χ1) is 8.03. The van der Waals surface area contributed by atoms with Gasteiger partial charge in [0.25, 0.3) is 0 Å². The molecule has 0 heterocycles. The van der Waals surface area contributed by atoms with E-state index in [4.69, 9.17) is 5.73 Å². The highest BCUT2D eigenvalue weighted by Gasteiger charge is 2.41. The third kappa shape index (κ3) is 2.91. The standard InChI is InChI=1S/C13H17NO3/c1-10(15)13(9-14,12(16)17)8-7-11-5-3-2-4-6-11/h2-6H,7-9,14H2,1H3,(H,16,17)/t13-/m1/s1. The van der Waals surface area contributed by atoms with E-state index in [2.05, 4.69) is 0 Å². The molecule has 1 atom stereocenters. The second-order valence-electron chi connectivity index (χ2n) is 4.13. The third-order valence-corrected chi connectivity index (χ3v) is 3.12. The smallest absolute Gasteiger partial charge is 0.318 e. The van der Waals surface area contributed by atoms with Gasteiger partial charge in [-0.05, 0) is 25.3 Å². The Hall–Kier alpha value is -1.68. The van der Waals surface area contributed by atoms with Gasteiger partial charge in [0.15, 0.2) is 0 Å². The summed E-state index contributed by atoms with van der Waals surface area (Å²) >= 11 is 0. The summed E-state index contributed by atoms with van der Waals surface area (Å²) in [5, 5.41) is 9.17. The van der Waals surface area contributed by atoms with Gasteiger partial charge in [-0.25, -0.2) is 0 Å². The van der Waals surface area contributed by atoms with Crippen molar-refractivity contribution in [3.05, 3.63) is 35.9 Å². The van der Waals surface area contributed by atoms with Gasteiger partial charge in [-0.1, -0.05) is 30.3 Å². The molecule has 0 aliphatic heterocycles. The van der Waals surface area contributed by atoms with E-state index in [1.807, 2.05) is 30.3 Å². The van der Waals surface area contributed by atoms with Crippen LogP contribution in [0.1, 0.15) is 18.9 Å². The number of Topliss-reactive ketones (excluding diaryl/α,β-unsaturated/α-hetero) is 1. The zero-order valence-corrected chi connectivity index (χ0v) is 9.85. The lowest BCUT2D eigenvalue weighted by Crippen LogP contribution is -2.44. The zero-order valence-electron chi connectivity index (χ0n) is 9.85. The van der Waals surface area contributed by atoms with Crippen LogP contribution in [0.4, 0.5) is 0 Å². The van der Waals surface area contributed by atoms with Crippen molar-refractivity contribution in [3.63, 3.8) is 0 Å². The summed E-state index contributed by atoms with van der Waals surface area (Å²) in [6, 6.07) is 9.47. The van der Waals surface area contributed by atoms with E-state index < -0.39 is 11.4 Å². The SMILES string of the molecule is CC(=O)[C@](CN)(CCc1ccccc1)C(=O)O. The second-order valence-corrected chi connectivity index (χ2v) is 4.13. The number of hydrogen-bond donors (Lipinski definition) is 2. The van der Waals surface area contributed by atoms with Crippen molar-refractivity contribution < 1.29 is 14.7 Å². The van der Waals surface area contributed by atoms with E-state index in [-0.39, 0.29) is 18.7 Å². The predicted octanol–water partition coefficient (Wildman–Crippen LogP) is 1.24. The van der Waals surface area contributed by atoms with Crippen molar-refractivity contribution >= 4 is 11.8 Å². The van der Waals surface area contributed by atoms with Gasteiger partial charge in [-0.2, -0.15) is 0 Å². The van der Waals surface area contributed by atoms with Crippen LogP contribution < -0.4 is 5.73 Å². The average molecular weight is 235 g/mol. The predicted molar refractivity (Wildman–Crippen MR) is 64.6 cm³/mol. The van der Waals surface area contributed by atoms with Crippen LogP contribution in [0.5, 0.6) is 0 Å². The van der Waals surface area contributed by atoms with Gasteiger partial charge in [0.2, 0.25) is 0 Å². The van der Waals surface area contributed by atoms with E-state index in [9.17, 15) is 14.7 Å². The number of carbonyl (C=O) groups excluding carboxylic acids is 1. The molecule has 17 heavy (non-hydrogen) atoms. The van der Waals surface area contributed by atoms with Gasteiger partial charge >= 0.3 is 5.97 Å². The molecule has 0 amide bonds. The molecule has 92 valence electrons. The number of hydrogen-bond acceptors (Lipinski definition) is 3. The van der Waals surface area contributed by atoms with Crippen molar-refractivity contribution in [2.24, 2.45) is 11.1 Å². The molecule has 0 fully saturated rings. The van der Waals surface area contributed by atoms with Crippen LogP contribution in [-0.2, 0) is 16.0 Å². The molecular formula is C13H17NO3. The maximum Gasteiger partial charge on any atom is 0.318 e. The lowest BCUT2D eigenvalue weighted by atomic mass is 9.79. The van der Waals surface area contributed by atoms with Crippen molar-refractivity contribution in [3.8, 4) is 0 Å². The molecule has 1 aromatic rings. The molecule has 3 N–H and O–H groups in total. The van der Waals surface area contributed by atoms with Crippen LogP contribution in [0.25, 0.3) is 0 Å². The normalized spacial score (nSPS) is 14.0. The van der Waals surface area contributed by atoms with E-state index in [0.717, 1.165) is 5.56 Å². The van der Waals surface area contributed by atoms with Crippen LogP contribution in [0.2, 0.25) is 0 Å². The topological polar surface area (TPSA) is 80.4 Å². The molecule has 4 nitrogen and oxygen atoms in total. The molecule has 4 heteroatoms. The Morgan fingerprint density at radius 3 is 2.29 bits per heavy atom. The van der Waals surface area contributed by atoms with Gasteiger partial charge in [-0.15, -0.1) is 0 Å². The number of carboxylic acid groups (broad SMARTS) is 1. The number of nitrogens with two attached hydrogens (primary N) is 1. The molecule has 0 unspecified atom stereocenters. The number of benzene rings is 1. The largest absolute Gasteiger partial charge is 0.480 e. The fourth-order valence-electron chi connectivity index (χ4n) is 1.77. The first-order valence-electron chi connectivity index (χ1n) is 5.51. The summed E-state index contributed by atoms with van der Waals surface area (Å²) < 4.78 is 0. The van der Waals surface area contributed by atoms with Gasteiger partial charge in [-0.3, -0.25) is 9.59 Å². The summed E-state index contributed by atoms with van der Waals surface area (Å²) in [6.45, 7) is 1.12. The summed E-state index contributed by atoms with van der Waals surface area (Å²) in [4.78, 5) is 22.7. The number of aliphatic carboxylic acids is 1. The number of carbonyl (C=O) groups is 2. The van der Waals surface area contributed by atoms with Crippen molar-refractivity contribution in [1.29, 1.82) is 0 Å². The zero-order chi connectivity index (χ0) is 12.9. The van der Waals surface area contributed by atoms with E-state index in [1.165, 1.54) is 6.92 Å². The second kappa shape index (κ2) is 5.59. The fourth-order valence-corrected chi connectivity index (χ4v) is 1.77. The lowest BCUT2D eigenvalue weighted by molar-refractivity contribution is -0.154. The molecule has 0 radical (unpaired) electrons. The van der Waals surface area contributed by atoms with Gasteiger partial charge < -0.3 is 10.8 Å². The minimum atomic E-state index is -1.45. The molecular weight excluding hydrogens is 218 g/mol. The first-order valence-corrected chi connectivity index (χ1v) is 5.51. The summed E-state index contributed by atoms with van der Waals surface area (Å²) in [7, 11) is 0. The lowest BCUT2D eigenvalue weighted by Gasteiger charge is -2.24. The molecule has 0 aromatic heterocycles. The van der Waals surface area contributed by atoms with Crippen LogP contribution in [-0.4, -0.2) is 23.4 Å². The van der Waals surface area contributed by atoms with Gasteiger partial charge in [0.05, 0.1) is 0 Å². The molecule has 0 bridgehead atoms. The Labute approximate surface area is 100 Å². The van der Waals surface area contributed by atoms with Gasteiger partial charge in [0, 0.05) is 6.54 Å². The first kappa shape index (κ1) is 13.4. The average Bonchev–Trinajstić information content (AvgIpc) is 2.31. The fraction of sp³-hybridized carbons (Fsp3) is 0.385. The molecule has 1 rings (SSSR count). The number of rotatable bonds is 6. The van der Waals surface area contributed by atoms with E-state index >= 15 is 0 Å². The summed E-state index contributed by atoms with van der Waals surface area (Å²) in [6.07, 6.45) is 0.766. The van der Waals surface area contributed by atoms with Crippen LogP contribution in [0, 0.1) is 5.41 Å². The van der Waals surface area contributed by atoms with Crippen LogP contribution >= 0.6 is 0 Å².